The van der Waals surface area contributed by atoms with Gasteiger partial charge in [0.1, 0.15) is 0 Å². The van der Waals surface area contributed by atoms with Gasteiger partial charge in [0.25, 0.3) is 0 Å². The molecule has 4 N–H and O–H groups in total. The molecule has 0 aliphatic heterocycles. The summed E-state index contributed by atoms with van der Waals surface area (Å²) in [6.07, 6.45) is 15.7. The molecule has 0 heterocycles. The molecule has 0 spiro atoms. The quantitative estimate of drug-likeness (QED) is 0.650. The molecule has 0 saturated heterocycles. The van der Waals surface area contributed by atoms with Crippen molar-refractivity contribution in [3.63, 3.8) is 0 Å². The topological polar surface area (TPSA) is 52.0 Å². The van der Waals surface area contributed by atoms with Crippen molar-refractivity contribution in [1.29, 1.82) is 0 Å². The Labute approximate surface area is 119 Å². The Morgan fingerprint density at radius 1 is 0.895 bits per heavy atom. The fourth-order valence-corrected chi connectivity index (χ4v) is 2.98. The van der Waals surface area contributed by atoms with Crippen LogP contribution in [0.15, 0.2) is 23.8 Å². The Hall–Kier alpha value is -0.600. The number of unbranched alkanes of at least 4 members (excludes halogenated alkanes) is 4. The van der Waals surface area contributed by atoms with Crippen molar-refractivity contribution in [2.75, 3.05) is 0 Å². The monoisotopic (exact) mass is 264 g/mol. The van der Waals surface area contributed by atoms with Crippen LogP contribution in [0.25, 0.3) is 0 Å². The van der Waals surface area contributed by atoms with Gasteiger partial charge in [0.05, 0.1) is 11.1 Å². The van der Waals surface area contributed by atoms with E-state index in [-0.39, 0.29) is 11.1 Å². The minimum Gasteiger partial charge on any atom is -0.320 e. The SMILES string of the molecule is CCCCCC1(N)C=CC(C)=CC1(N)CCCCC. The number of allylic oxidation sites excluding steroid dienone is 2. The van der Waals surface area contributed by atoms with Crippen molar-refractivity contribution < 1.29 is 0 Å². The van der Waals surface area contributed by atoms with Gasteiger partial charge in [-0.1, -0.05) is 76.2 Å². The van der Waals surface area contributed by atoms with Crippen LogP contribution in [0.5, 0.6) is 0 Å². The van der Waals surface area contributed by atoms with Crippen LogP contribution in [0.1, 0.15) is 72.1 Å². The average molecular weight is 264 g/mol. The van der Waals surface area contributed by atoms with Crippen molar-refractivity contribution in [3.05, 3.63) is 23.8 Å². The normalized spacial score (nSPS) is 30.5. The van der Waals surface area contributed by atoms with E-state index in [2.05, 4.69) is 39.0 Å². The molecule has 0 saturated carbocycles. The molecule has 0 amide bonds. The molecule has 0 aromatic rings. The fraction of sp³-hybridized carbons (Fsp3) is 0.765. The summed E-state index contributed by atoms with van der Waals surface area (Å²) in [5.74, 6) is 0. The molecule has 2 unspecified atom stereocenters. The average Bonchev–Trinajstić information content (AvgIpc) is 2.36. The summed E-state index contributed by atoms with van der Waals surface area (Å²) >= 11 is 0. The second-order valence-corrected chi connectivity index (χ2v) is 6.22. The Morgan fingerprint density at radius 3 is 1.95 bits per heavy atom. The van der Waals surface area contributed by atoms with E-state index in [1.165, 1.54) is 31.3 Å². The zero-order valence-corrected chi connectivity index (χ0v) is 13.0. The van der Waals surface area contributed by atoms with Crippen molar-refractivity contribution in [2.45, 2.75) is 83.2 Å². The number of hydrogen-bond donors (Lipinski definition) is 2. The van der Waals surface area contributed by atoms with Gasteiger partial charge in [0.2, 0.25) is 0 Å². The molecule has 2 heteroatoms. The third kappa shape index (κ3) is 4.19. The maximum absolute atomic E-state index is 6.70. The van der Waals surface area contributed by atoms with Crippen LogP contribution >= 0.6 is 0 Å². The summed E-state index contributed by atoms with van der Waals surface area (Å²) in [5.41, 5.74) is 13.9. The minimum atomic E-state index is -0.366. The molecule has 1 aliphatic rings. The molecule has 19 heavy (non-hydrogen) atoms. The molecule has 1 rings (SSSR count). The van der Waals surface area contributed by atoms with Crippen LogP contribution in [0.4, 0.5) is 0 Å². The summed E-state index contributed by atoms with van der Waals surface area (Å²) < 4.78 is 0. The van der Waals surface area contributed by atoms with Crippen LogP contribution in [0.2, 0.25) is 0 Å². The highest BCUT2D eigenvalue weighted by atomic mass is 14.9. The molecule has 0 aromatic heterocycles. The van der Waals surface area contributed by atoms with Gasteiger partial charge in [-0.3, -0.25) is 0 Å². The first-order valence-corrected chi connectivity index (χ1v) is 7.94. The number of hydrogen-bond acceptors (Lipinski definition) is 2. The summed E-state index contributed by atoms with van der Waals surface area (Å²) in [6.45, 7) is 6.56. The van der Waals surface area contributed by atoms with E-state index < -0.39 is 0 Å². The Kier molecular flexibility index (Phi) is 6.28. The highest BCUT2D eigenvalue weighted by Gasteiger charge is 2.43. The fourth-order valence-electron chi connectivity index (χ4n) is 2.98. The predicted molar refractivity (Wildman–Crippen MR) is 85.0 cm³/mol. The van der Waals surface area contributed by atoms with E-state index in [1.54, 1.807) is 0 Å². The van der Waals surface area contributed by atoms with Gasteiger partial charge in [0, 0.05) is 0 Å². The minimum absolute atomic E-state index is 0.366. The molecule has 110 valence electrons. The third-order valence-electron chi connectivity index (χ3n) is 4.38. The number of nitrogens with two attached hydrogens (primary N) is 2. The van der Waals surface area contributed by atoms with Gasteiger partial charge in [-0.25, -0.2) is 0 Å². The Bertz CT molecular complexity index is 332. The summed E-state index contributed by atoms with van der Waals surface area (Å²) in [6, 6.07) is 0. The van der Waals surface area contributed by atoms with Crippen LogP contribution in [-0.2, 0) is 0 Å². The molecular formula is C17H32N2. The largest absolute Gasteiger partial charge is 0.320 e. The number of rotatable bonds is 8. The Balaban J connectivity index is 2.77. The lowest BCUT2D eigenvalue weighted by molar-refractivity contribution is 0.276. The van der Waals surface area contributed by atoms with Crippen molar-refractivity contribution >= 4 is 0 Å². The van der Waals surface area contributed by atoms with Crippen molar-refractivity contribution in [1.82, 2.24) is 0 Å². The highest BCUT2D eigenvalue weighted by Crippen LogP contribution is 2.35. The molecule has 0 aromatic carbocycles. The van der Waals surface area contributed by atoms with Crippen molar-refractivity contribution in [2.24, 2.45) is 11.5 Å². The van der Waals surface area contributed by atoms with Crippen LogP contribution in [-0.4, -0.2) is 11.1 Å². The summed E-state index contributed by atoms with van der Waals surface area (Å²) in [4.78, 5) is 0. The molecular weight excluding hydrogens is 232 g/mol. The lowest BCUT2D eigenvalue weighted by atomic mass is 9.68. The first-order valence-electron chi connectivity index (χ1n) is 7.94. The molecule has 2 atom stereocenters. The smallest absolute Gasteiger partial charge is 0.0564 e. The Morgan fingerprint density at radius 2 is 1.42 bits per heavy atom. The molecule has 1 aliphatic carbocycles. The van der Waals surface area contributed by atoms with Gasteiger partial charge in [-0.05, 0) is 19.8 Å². The third-order valence-corrected chi connectivity index (χ3v) is 4.38. The molecule has 2 nitrogen and oxygen atoms in total. The lowest BCUT2D eigenvalue weighted by Crippen LogP contribution is -2.64. The second-order valence-electron chi connectivity index (χ2n) is 6.22. The van der Waals surface area contributed by atoms with E-state index in [9.17, 15) is 0 Å². The predicted octanol–water partition coefficient (Wildman–Crippen LogP) is 4.06. The van der Waals surface area contributed by atoms with Gasteiger partial charge in [-0.15, -0.1) is 0 Å². The molecule has 0 radical (unpaired) electrons. The van der Waals surface area contributed by atoms with E-state index in [4.69, 9.17) is 11.5 Å². The van der Waals surface area contributed by atoms with Gasteiger partial charge in [-0.2, -0.15) is 0 Å². The maximum atomic E-state index is 6.70. The zero-order valence-electron chi connectivity index (χ0n) is 13.0. The van der Waals surface area contributed by atoms with Crippen LogP contribution < -0.4 is 11.5 Å². The van der Waals surface area contributed by atoms with E-state index in [0.29, 0.717) is 0 Å². The van der Waals surface area contributed by atoms with Crippen LogP contribution in [0, 0.1) is 0 Å². The maximum Gasteiger partial charge on any atom is 0.0564 e. The summed E-state index contributed by atoms with van der Waals surface area (Å²) in [7, 11) is 0. The second kappa shape index (κ2) is 7.25. The summed E-state index contributed by atoms with van der Waals surface area (Å²) in [5, 5.41) is 0. The zero-order chi connectivity index (χ0) is 14.4. The first kappa shape index (κ1) is 16.5. The van der Waals surface area contributed by atoms with Crippen molar-refractivity contribution in [3.8, 4) is 0 Å². The first-order chi connectivity index (χ1) is 8.97. The highest BCUT2D eigenvalue weighted by molar-refractivity contribution is 5.37. The van der Waals surface area contributed by atoms with E-state index in [0.717, 1.165) is 25.7 Å². The molecule has 0 bridgehead atoms. The van der Waals surface area contributed by atoms with Gasteiger partial charge < -0.3 is 11.5 Å². The van der Waals surface area contributed by atoms with Crippen LogP contribution in [0.3, 0.4) is 0 Å². The van der Waals surface area contributed by atoms with Gasteiger partial charge >= 0.3 is 0 Å². The molecule has 0 fully saturated rings. The van der Waals surface area contributed by atoms with E-state index >= 15 is 0 Å². The standard InChI is InChI=1S/C17H32N2/c1-4-6-8-11-16(18)13-10-15(3)14-17(16,19)12-9-7-5-2/h10,13-14H,4-9,11-12,18-19H2,1-3H3. The van der Waals surface area contributed by atoms with Gasteiger partial charge in [0.15, 0.2) is 0 Å². The lowest BCUT2D eigenvalue weighted by Gasteiger charge is -2.45. The van der Waals surface area contributed by atoms with E-state index in [1.807, 2.05) is 0 Å².